The highest BCUT2D eigenvalue weighted by molar-refractivity contribution is 7.80. The standard InChI is InChI=1S/C12H14FN3OS/c1-2-14-11(18)16-8-7-15(12(16)17)10-5-3-9(13)4-6-10/h3-6H,2,7-8H2,1H3,(H,14,18). The monoisotopic (exact) mass is 267 g/mol. The summed E-state index contributed by atoms with van der Waals surface area (Å²) in [6, 6.07) is 5.69. The fourth-order valence-electron chi connectivity index (χ4n) is 1.83. The molecule has 0 unspecified atom stereocenters. The summed E-state index contributed by atoms with van der Waals surface area (Å²) in [5, 5.41) is 3.39. The Balaban J connectivity index is 2.12. The number of carbonyl (C=O) groups is 1. The quantitative estimate of drug-likeness (QED) is 0.832. The molecular formula is C12H14FN3OS. The molecule has 0 aromatic heterocycles. The molecule has 1 aliphatic rings. The van der Waals surface area contributed by atoms with E-state index in [1.54, 1.807) is 17.0 Å². The zero-order chi connectivity index (χ0) is 13.1. The normalized spacial score (nSPS) is 15.1. The van der Waals surface area contributed by atoms with Crippen molar-refractivity contribution in [3.63, 3.8) is 0 Å². The van der Waals surface area contributed by atoms with Gasteiger partial charge in [0.1, 0.15) is 5.82 Å². The van der Waals surface area contributed by atoms with Crippen molar-refractivity contribution in [2.75, 3.05) is 24.5 Å². The molecule has 0 bridgehead atoms. The first-order valence-corrected chi connectivity index (χ1v) is 6.16. The van der Waals surface area contributed by atoms with E-state index >= 15 is 0 Å². The molecule has 96 valence electrons. The van der Waals surface area contributed by atoms with Gasteiger partial charge in [-0.05, 0) is 43.4 Å². The van der Waals surface area contributed by atoms with Crippen LogP contribution in [0.2, 0.25) is 0 Å². The Kier molecular flexibility index (Phi) is 3.76. The van der Waals surface area contributed by atoms with Gasteiger partial charge in [-0.2, -0.15) is 0 Å². The molecule has 4 nitrogen and oxygen atoms in total. The molecule has 1 aromatic carbocycles. The summed E-state index contributed by atoms with van der Waals surface area (Å²) in [4.78, 5) is 15.2. The molecule has 6 heteroatoms. The SMILES string of the molecule is CCNC(=S)N1CCN(c2ccc(F)cc2)C1=O. The first-order chi connectivity index (χ1) is 8.63. The Morgan fingerprint density at radius 1 is 1.39 bits per heavy atom. The van der Waals surface area contributed by atoms with E-state index in [9.17, 15) is 9.18 Å². The predicted octanol–water partition coefficient (Wildman–Crippen LogP) is 1.96. The van der Waals surface area contributed by atoms with E-state index in [0.717, 1.165) is 0 Å². The Bertz CT molecular complexity index is 463. The molecule has 1 aliphatic heterocycles. The maximum Gasteiger partial charge on any atom is 0.330 e. The number of rotatable bonds is 2. The maximum atomic E-state index is 12.8. The minimum atomic E-state index is -0.314. The van der Waals surface area contributed by atoms with E-state index in [4.69, 9.17) is 12.2 Å². The van der Waals surface area contributed by atoms with Gasteiger partial charge >= 0.3 is 6.03 Å². The van der Waals surface area contributed by atoms with Gasteiger partial charge in [-0.3, -0.25) is 9.80 Å². The largest absolute Gasteiger partial charge is 0.362 e. The number of carbonyl (C=O) groups excluding carboxylic acids is 1. The van der Waals surface area contributed by atoms with Crippen molar-refractivity contribution in [3.05, 3.63) is 30.1 Å². The van der Waals surface area contributed by atoms with E-state index in [1.807, 2.05) is 6.92 Å². The minimum absolute atomic E-state index is 0.174. The van der Waals surface area contributed by atoms with Gasteiger partial charge in [-0.15, -0.1) is 0 Å². The number of amides is 2. The van der Waals surface area contributed by atoms with Gasteiger partial charge in [0.15, 0.2) is 5.11 Å². The smallest absolute Gasteiger partial charge is 0.330 e. The molecule has 0 saturated carbocycles. The second kappa shape index (κ2) is 5.30. The third-order valence-electron chi connectivity index (χ3n) is 2.72. The Morgan fingerprint density at radius 3 is 2.67 bits per heavy atom. The Labute approximate surface area is 110 Å². The van der Waals surface area contributed by atoms with Crippen molar-refractivity contribution in [1.82, 2.24) is 10.2 Å². The van der Waals surface area contributed by atoms with Gasteiger partial charge in [-0.1, -0.05) is 0 Å². The highest BCUT2D eigenvalue weighted by Crippen LogP contribution is 2.20. The van der Waals surface area contributed by atoms with E-state index in [2.05, 4.69) is 5.32 Å². The predicted molar refractivity (Wildman–Crippen MR) is 72.1 cm³/mol. The average molecular weight is 267 g/mol. The van der Waals surface area contributed by atoms with Gasteiger partial charge in [-0.25, -0.2) is 9.18 Å². The lowest BCUT2D eigenvalue weighted by Crippen LogP contribution is -2.42. The number of benzene rings is 1. The summed E-state index contributed by atoms with van der Waals surface area (Å²) in [5.41, 5.74) is 0.684. The van der Waals surface area contributed by atoms with Crippen LogP contribution in [0.25, 0.3) is 0 Å². The summed E-state index contributed by atoms with van der Waals surface area (Å²) in [7, 11) is 0. The molecule has 1 saturated heterocycles. The summed E-state index contributed by atoms with van der Waals surface area (Å²) < 4.78 is 12.8. The van der Waals surface area contributed by atoms with Crippen LogP contribution in [0.5, 0.6) is 0 Å². The first-order valence-electron chi connectivity index (χ1n) is 5.76. The van der Waals surface area contributed by atoms with Gasteiger partial charge in [0, 0.05) is 25.3 Å². The highest BCUT2D eigenvalue weighted by atomic mass is 32.1. The van der Waals surface area contributed by atoms with E-state index in [-0.39, 0.29) is 11.8 Å². The van der Waals surface area contributed by atoms with Crippen LogP contribution in [0.3, 0.4) is 0 Å². The van der Waals surface area contributed by atoms with Crippen LogP contribution >= 0.6 is 12.2 Å². The lowest BCUT2D eigenvalue weighted by atomic mass is 10.3. The van der Waals surface area contributed by atoms with Crippen molar-refractivity contribution in [3.8, 4) is 0 Å². The number of hydrogen-bond donors (Lipinski definition) is 1. The summed E-state index contributed by atoms with van der Waals surface area (Å²) in [6.45, 7) is 3.70. The van der Waals surface area contributed by atoms with Crippen molar-refractivity contribution in [1.29, 1.82) is 0 Å². The van der Waals surface area contributed by atoms with Crippen molar-refractivity contribution in [2.45, 2.75) is 6.92 Å². The van der Waals surface area contributed by atoms with Crippen LogP contribution < -0.4 is 10.2 Å². The lowest BCUT2D eigenvalue weighted by molar-refractivity contribution is 0.237. The lowest BCUT2D eigenvalue weighted by Gasteiger charge is -2.19. The molecule has 0 radical (unpaired) electrons. The van der Waals surface area contributed by atoms with Crippen LogP contribution in [0.15, 0.2) is 24.3 Å². The van der Waals surface area contributed by atoms with Crippen LogP contribution in [0.1, 0.15) is 6.92 Å². The van der Waals surface area contributed by atoms with E-state index < -0.39 is 0 Å². The summed E-state index contributed by atoms with van der Waals surface area (Å²) >= 11 is 5.12. The second-order valence-corrected chi connectivity index (χ2v) is 4.28. The minimum Gasteiger partial charge on any atom is -0.362 e. The fourth-order valence-corrected chi connectivity index (χ4v) is 2.15. The molecule has 1 N–H and O–H groups in total. The molecule has 18 heavy (non-hydrogen) atoms. The third-order valence-corrected chi connectivity index (χ3v) is 3.09. The molecule has 1 fully saturated rings. The van der Waals surface area contributed by atoms with Crippen LogP contribution in [0, 0.1) is 5.82 Å². The molecule has 0 atom stereocenters. The van der Waals surface area contributed by atoms with Crippen molar-refractivity contribution in [2.24, 2.45) is 0 Å². The molecule has 2 rings (SSSR count). The van der Waals surface area contributed by atoms with E-state index in [0.29, 0.717) is 30.4 Å². The van der Waals surface area contributed by atoms with Gasteiger partial charge in [0.2, 0.25) is 0 Å². The molecule has 0 aliphatic carbocycles. The number of nitrogens with zero attached hydrogens (tertiary/aromatic N) is 2. The highest BCUT2D eigenvalue weighted by Gasteiger charge is 2.31. The maximum absolute atomic E-state index is 12.8. The third kappa shape index (κ3) is 2.43. The van der Waals surface area contributed by atoms with Crippen molar-refractivity contribution < 1.29 is 9.18 Å². The number of urea groups is 1. The molecular weight excluding hydrogens is 253 g/mol. The summed E-state index contributed by atoms with van der Waals surface area (Å²) in [5.74, 6) is -0.314. The van der Waals surface area contributed by atoms with Crippen LogP contribution in [-0.2, 0) is 0 Å². The molecule has 1 aromatic rings. The molecule has 2 amide bonds. The van der Waals surface area contributed by atoms with E-state index in [1.165, 1.54) is 17.0 Å². The molecule has 0 spiro atoms. The number of hydrogen-bond acceptors (Lipinski definition) is 2. The Morgan fingerprint density at radius 2 is 2.06 bits per heavy atom. The van der Waals surface area contributed by atoms with Gasteiger partial charge in [0.05, 0.1) is 0 Å². The topological polar surface area (TPSA) is 35.6 Å². The molecule has 1 heterocycles. The van der Waals surface area contributed by atoms with Crippen LogP contribution in [-0.4, -0.2) is 35.7 Å². The number of nitrogens with one attached hydrogen (secondary N) is 1. The second-order valence-electron chi connectivity index (χ2n) is 3.90. The number of thiocarbonyl (C=S) groups is 1. The average Bonchev–Trinajstić information content (AvgIpc) is 2.73. The zero-order valence-electron chi connectivity index (χ0n) is 10.0. The van der Waals surface area contributed by atoms with Gasteiger partial charge < -0.3 is 5.32 Å². The first kappa shape index (κ1) is 12.8. The van der Waals surface area contributed by atoms with Crippen LogP contribution in [0.4, 0.5) is 14.9 Å². The number of anilines is 1. The summed E-state index contributed by atoms with van der Waals surface area (Å²) in [6.07, 6.45) is 0. The zero-order valence-corrected chi connectivity index (χ0v) is 10.8. The fraction of sp³-hybridized carbons (Fsp3) is 0.333. The Hall–Kier alpha value is -1.69. The van der Waals surface area contributed by atoms with Gasteiger partial charge in [0.25, 0.3) is 0 Å². The van der Waals surface area contributed by atoms with Crippen molar-refractivity contribution >= 4 is 29.0 Å². The number of halogens is 1.